The molecule has 0 saturated heterocycles. The fourth-order valence-corrected chi connectivity index (χ4v) is 2.17. The van der Waals surface area contributed by atoms with Crippen molar-refractivity contribution < 1.29 is 0 Å². The van der Waals surface area contributed by atoms with Crippen LogP contribution in [0.3, 0.4) is 0 Å². The summed E-state index contributed by atoms with van der Waals surface area (Å²) in [7, 11) is 4.03. The first-order valence-electron chi connectivity index (χ1n) is 6.26. The van der Waals surface area contributed by atoms with E-state index in [0.29, 0.717) is 6.04 Å². The highest BCUT2D eigenvalue weighted by Gasteiger charge is 2.11. The van der Waals surface area contributed by atoms with Gasteiger partial charge in [-0.3, -0.25) is 4.98 Å². The smallest absolute Gasteiger partial charge is 0.108 e. The summed E-state index contributed by atoms with van der Waals surface area (Å²) < 4.78 is 2.07. The molecule has 0 fully saturated rings. The number of nitrogens with one attached hydrogen (secondary N) is 1. The van der Waals surface area contributed by atoms with Crippen molar-refractivity contribution >= 4 is 0 Å². The van der Waals surface area contributed by atoms with E-state index >= 15 is 0 Å². The van der Waals surface area contributed by atoms with E-state index in [0.717, 1.165) is 24.4 Å². The van der Waals surface area contributed by atoms with Gasteiger partial charge in [-0.25, -0.2) is 4.98 Å². The highest BCUT2D eigenvalue weighted by Crippen LogP contribution is 2.18. The Hall–Kier alpha value is -1.68. The molecule has 96 valence electrons. The van der Waals surface area contributed by atoms with E-state index in [1.165, 1.54) is 5.56 Å². The summed E-state index contributed by atoms with van der Waals surface area (Å²) in [4.78, 5) is 8.59. The topological polar surface area (TPSA) is 42.7 Å². The molecule has 0 saturated carbocycles. The lowest BCUT2D eigenvalue weighted by Crippen LogP contribution is -2.18. The second kappa shape index (κ2) is 5.78. The van der Waals surface area contributed by atoms with Gasteiger partial charge in [-0.1, -0.05) is 0 Å². The summed E-state index contributed by atoms with van der Waals surface area (Å²) in [5.74, 6) is 1.13. The van der Waals surface area contributed by atoms with Crippen LogP contribution in [0.1, 0.15) is 29.5 Å². The Kier molecular flexibility index (Phi) is 4.10. The molecule has 0 aliphatic heterocycles. The van der Waals surface area contributed by atoms with Crippen LogP contribution in [0.15, 0.2) is 30.7 Å². The highest BCUT2D eigenvalue weighted by atomic mass is 15.0. The van der Waals surface area contributed by atoms with Crippen molar-refractivity contribution in [2.45, 2.75) is 25.8 Å². The van der Waals surface area contributed by atoms with Gasteiger partial charge in [-0.2, -0.15) is 0 Å². The minimum atomic E-state index is 0.350. The van der Waals surface area contributed by atoms with Crippen LogP contribution >= 0.6 is 0 Å². The summed E-state index contributed by atoms with van der Waals surface area (Å²) in [5.41, 5.74) is 2.35. The molecule has 0 aromatic carbocycles. The van der Waals surface area contributed by atoms with Crippen molar-refractivity contribution in [3.05, 3.63) is 47.8 Å². The van der Waals surface area contributed by atoms with Gasteiger partial charge in [-0.05, 0) is 38.1 Å². The minimum absolute atomic E-state index is 0.350. The summed E-state index contributed by atoms with van der Waals surface area (Å²) >= 11 is 0. The predicted molar refractivity (Wildman–Crippen MR) is 72.3 cm³/mol. The van der Waals surface area contributed by atoms with Crippen LogP contribution in [-0.4, -0.2) is 21.6 Å². The summed E-state index contributed by atoms with van der Waals surface area (Å²) in [6.45, 7) is 2.02. The van der Waals surface area contributed by atoms with Crippen LogP contribution in [0.25, 0.3) is 0 Å². The Morgan fingerprint density at radius 2 is 2.17 bits per heavy atom. The van der Waals surface area contributed by atoms with Crippen molar-refractivity contribution in [2.75, 3.05) is 7.05 Å². The highest BCUT2D eigenvalue weighted by molar-refractivity contribution is 5.19. The van der Waals surface area contributed by atoms with Gasteiger partial charge in [0, 0.05) is 43.8 Å². The van der Waals surface area contributed by atoms with Crippen molar-refractivity contribution in [1.29, 1.82) is 0 Å². The maximum atomic E-state index is 4.36. The minimum Gasteiger partial charge on any atom is -0.338 e. The Morgan fingerprint density at radius 1 is 1.33 bits per heavy atom. The van der Waals surface area contributed by atoms with Gasteiger partial charge in [0.25, 0.3) is 0 Å². The van der Waals surface area contributed by atoms with E-state index in [4.69, 9.17) is 0 Å². The molecular weight excluding hydrogens is 224 g/mol. The molecule has 4 nitrogen and oxygen atoms in total. The third-order valence-corrected chi connectivity index (χ3v) is 3.25. The molecule has 2 rings (SSSR count). The van der Waals surface area contributed by atoms with E-state index in [2.05, 4.69) is 32.0 Å². The first kappa shape index (κ1) is 12.8. The van der Waals surface area contributed by atoms with Gasteiger partial charge in [0.2, 0.25) is 0 Å². The predicted octanol–water partition coefficient (Wildman–Crippen LogP) is 2.02. The number of hydrogen-bond acceptors (Lipinski definition) is 3. The summed E-state index contributed by atoms with van der Waals surface area (Å²) in [5, 5.41) is 3.36. The van der Waals surface area contributed by atoms with Crippen LogP contribution < -0.4 is 5.32 Å². The second-order valence-electron chi connectivity index (χ2n) is 4.56. The van der Waals surface area contributed by atoms with Crippen molar-refractivity contribution in [2.24, 2.45) is 7.05 Å². The van der Waals surface area contributed by atoms with E-state index in [1.54, 1.807) is 0 Å². The molecule has 1 unspecified atom stereocenters. The third kappa shape index (κ3) is 2.96. The SMILES string of the molecule is CNC(CCc1nccn1C)c1ccnc(C)c1. The molecule has 1 atom stereocenters. The van der Waals surface area contributed by atoms with Crippen LogP contribution in [0.4, 0.5) is 0 Å². The Bertz CT molecular complexity index is 504. The molecule has 2 aromatic heterocycles. The zero-order valence-corrected chi connectivity index (χ0v) is 11.2. The largest absolute Gasteiger partial charge is 0.338 e. The van der Waals surface area contributed by atoms with Crippen LogP contribution in [0.5, 0.6) is 0 Å². The number of rotatable bonds is 5. The maximum Gasteiger partial charge on any atom is 0.108 e. The monoisotopic (exact) mass is 244 g/mol. The molecular formula is C14H20N4. The molecule has 0 spiro atoms. The standard InChI is InChI=1S/C14H20N4/c1-11-10-12(6-7-16-11)13(15-2)4-5-14-17-8-9-18(14)3/h6-10,13,15H,4-5H2,1-3H3. The number of pyridine rings is 1. The quantitative estimate of drug-likeness (QED) is 0.875. The molecule has 18 heavy (non-hydrogen) atoms. The van der Waals surface area contributed by atoms with Gasteiger partial charge in [0.1, 0.15) is 5.82 Å². The van der Waals surface area contributed by atoms with Gasteiger partial charge in [-0.15, -0.1) is 0 Å². The Morgan fingerprint density at radius 3 is 2.78 bits per heavy atom. The second-order valence-corrected chi connectivity index (χ2v) is 4.56. The average Bonchev–Trinajstić information content (AvgIpc) is 2.76. The van der Waals surface area contributed by atoms with Gasteiger partial charge in [0.05, 0.1) is 0 Å². The number of hydrogen-bond donors (Lipinski definition) is 1. The Labute approximate surface area is 108 Å². The van der Waals surface area contributed by atoms with Gasteiger partial charge in [0.15, 0.2) is 0 Å². The zero-order valence-electron chi connectivity index (χ0n) is 11.2. The van der Waals surface area contributed by atoms with Crippen LogP contribution in [0.2, 0.25) is 0 Å². The molecule has 1 N–H and O–H groups in total. The molecule has 2 heterocycles. The molecule has 0 aliphatic rings. The summed E-state index contributed by atoms with van der Waals surface area (Å²) in [6, 6.07) is 4.56. The van der Waals surface area contributed by atoms with E-state index in [1.807, 2.05) is 39.6 Å². The molecule has 2 aromatic rings. The number of aromatic nitrogens is 3. The van der Waals surface area contributed by atoms with Crippen LogP contribution in [0, 0.1) is 6.92 Å². The van der Waals surface area contributed by atoms with Gasteiger partial charge < -0.3 is 9.88 Å². The van der Waals surface area contributed by atoms with E-state index in [-0.39, 0.29) is 0 Å². The van der Waals surface area contributed by atoms with Gasteiger partial charge >= 0.3 is 0 Å². The normalized spacial score (nSPS) is 12.6. The number of aryl methyl sites for hydroxylation is 3. The number of imidazole rings is 1. The van der Waals surface area contributed by atoms with Crippen molar-refractivity contribution in [1.82, 2.24) is 19.9 Å². The fraction of sp³-hybridized carbons (Fsp3) is 0.429. The van der Waals surface area contributed by atoms with Crippen molar-refractivity contribution in [3.8, 4) is 0 Å². The lowest BCUT2D eigenvalue weighted by atomic mass is 10.0. The molecule has 0 amide bonds. The first-order valence-corrected chi connectivity index (χ1v) is 6.26. The molecule has 0 bridgehead atoms. The Balaban J connectivity index is 2.04. The van der Waals surface area contributed by atoms with E-state index < -0.39 is 0 Å². The van der Waals surface area contributed by atoms with Crippen molar-refractivity contribution in [3.63, 3.8) is 0 Å². The van der Waals surface area contributed by atoms with Crippen LogP contribution in [-0.2, 0) is 13.5 Å². The fourth-order valence-electron chi connectivity index (χ4n) is 2.17. The maximum absolute atomic E-state index is 4.36. The number of nitrogens with zero attached hydrogens (tertiary/aromatic N) is 3. The molecule has 0 radical (unpaired) electrons. The lowest BCUT2D eigenvalue weighted by molar-refractivity contribution is 0.535. The zero-order chi connectivity index (χ0) is 13.0. The lowest BCUT2D eigenvalue weighted by Gasteiger charge is -2.16. The third-order valence-electron chi connectivity index (χ3n) is 3.25. The van der Waals surface area contributed by atoms with E-state index in [9.17, 15) is 0 Å². The summed E-state index contributed by atoms with van der Waals surface area (Å²) in [6.07, 6.45) is 7.71. The average molecular weight is 244 g/mol. The molecule has 0 aliphatic carbocycles. The first-order chi connectivity index (χ1) is 8.70. The molecule has 4 heteroatoms.